The molecule has 4 aromatic rings. The molecule has 7 heteroatoms. The van der Waals surface area contributed by atoms with Crippen molar-refractivity contribution >= 4 is 32.6 Å². The van der Waals surface area contributed by atoms with Gasteiger partial charge in [0, 0.05) is 19.4 Å². The Morgan fingerprint density at radius 1 is 1.19 bits per heavy atom. The molecule has 3 aromatic heterocycles. The number of amides is 1. The molecule has 1 amide bonds. The molecule has 0 unspecified atom stereocenters. The Bertz CT molecular complexity index is 1020. The number of aromatic nitrogens is 4. The van der Waals surface area contributed by atoms with Crippen molar-refractivity contribution in [3.05, 3.63) is 71.8 Å². The fraction of sp³-hybridized carbons (Fsp3) is 0.158. The van der Waals surface area contributed by atoms with Crippen LogP contribution in [0.2, 0.25) is 0 Å². The summed E-state index contributed by atoms with van der Waals surface area (Å²) < 4.78 is 2.66. The molecule has 0 fully saturated rings. The Labute approximate surface area is 154 Å². The molecule has 0 radical (unpaired) electrons. The van der Waals surface area contributed by atoms with E-state index in [-0.39, 0.29) is 5.91 Å². The molecule has 6 nitrogen and oxygen atoms in total. The standard InChI is InChI=1S/C19H17N5OS/c1-13-10-21-23(2)17(13)18(25)24(12-14-6-5-9-20-11-14)19-22-15-7-3-4-8-16(15)26-19/h3-11H,12H2,1-2H3. The molecule has 0 saturated heterocycles. The highest BCUT2D eigenvalue weighted by molar-refractivity contribution is 7.22. The molecule has 3 heterocycles. The Morgan fingerprint density at radius 2 is 2.04 bits per heavy atom. The first-order valence-electron chi connectivity index (χ1n) is 8.18. The van der Waals surface area contributed by atoms with Crippen LogP contribution in [0.3, 0.4) is 0 Å². The van der Waals surface area contributed by atoms with E-state index in [0.717, 1.165) is 21.3 Å². The minimum Gasteiger partial charge on any atom is -0.278 e. The molecule has 0 atom stereocenters. The number of fused-ring (bicyclic) bond motifs is 1. The summed E-state index contributed by atoms with van der Waals surface area (Å²) >= 11 is 1.51. The summed E-state index contributed by atoms with van der Waals surface area (Å²) in [5.74, 6) is -0.120. The highest BCUT2D eigenvalue weighted by Crippen LogP contribution is 2.30. The van der Waals surface area contributed by atoms with Crippen LogP contribution in [0, 0.1) is 6.92 Å². The number of hydrogen-bond donors (Lipinski definition) is 0. The molecular weight excluding hydrogens is 346 g/mol. The van der Waals surface area contributed by atoms with Crippen molar-refractivity contribution in [2.45, 2.75) is 13.5 Å². The summed E-state index contributed by atoms with van der Waals surface area (Å²) in [6.45, 7) is 2.29. The molecule has 0 spiro atoms. The number of carbonyl (C=O) groups excluding carboxylic acids is 1. The van der Waals surface area contributed by atoms with Gasteiger partial charge in [-0.15, -0.1) is 0 Å². The normalized spacial score (nSPS) is 11.0. The summed E-state index contributed by atoms with van der Waals surface area (Å²) in [7, 11) is 1.78. The van der Waals surface area contributed by atoms with Crippen molar-refractivity contribution < 1.29 is 4.79 Å². The number of hydrogen-bond acceptors (Lipinski definition) is 5. The highest BCUT2D eigenvalue weighted by Gasteiger charge is 2.25. The monoisotopic (exact) mass is 363 g/mol. The minimum absolute atomic E-state index is 0.120. The van der Waals surface area contributed by atoms with Crippen molar-refractivity contribution in [3.8, 4) is 0 Å². The maximum atomic E-state index is 13.3. The molecule has 4 rings (SSSR count). The van der Waals surface area contributed by atoms with Crippen molar-refractivity contribution in [2.75, 3.05) is 4.90 Å². The lowest BCUT2D eigenvalue weighted by molar-refractivity contribution is 0.0975. The predicted octanol–water partition coefficient (Wildman–Crippen LogP) is 3.58. The first kappa shape index (κ1) is 16.4. The summed E-state index contributed by atoms with van der Waals surface area (Å²) in [6.07, 6.45) is 5.19. The Hall–Kier alpha value is -3.06. The van der Waals surface area contributed by atoms with Crippen LogP contribution in [0.15, 0.2) is 55.0 Å². The van der Waals surface area contributed by atoms with E-state index < -0.39 is 0 Å². The number of rotatable bonds is 4. The van der Waals surface area contributed by atoms with Gasteiger partial charge in [0.25, 0.3) is 5.91 Å². The number of thiazole rings is 1. The molecule has 1 aromatic carbocycles. The number of benzene rings is 1. The summed E-state index contributed by atoms with van der Waals surface area (Å²) in [5.41, 5.74) is 3.24. The lowest BCUT2D eigenvalue weighted by atomic mass is 10.2. The van der Waals surface area contributed by atoms with Crippen molar-refractivity contribution in [1.82, 2.24) is 19.7 Å². The number of aryl methyl sites for hydroxylation is 2. The predicted molar refractivity (Wildman–Crippen MR) is 102 cm³/mol. The zero-order valence-electron chi connectivity index (χ0n) is 14.5. The molecule has 0 aliphatic rings. The molecule has 0 N–H and O–H groups in total. The topological polar surface area (TPSA) is 63.9 Å². The van der Waals surface area contributed by atoms with Crippen LogP contribution in [-0.2, 0) is 13.6 Å². The zero-order chi connectivity index (χ0) is 18.1. The van der Waals surface area contributed by atoms with Gasteiger partial charge in [0.05, 0.1) is 23.0 Å². The Balaban J connectivity index is 1.79. The average molecular weight is 363 g/mol. The van der Waals surface area contributed by atoms with Gasteiger partial charge < -0.3 is 0 Å². The van der Waals surface area contributed by atoms with E-state index in [1.54, 1.807) is 35.2 Å². The van der Waals surface area contributed by atoms with Crippen molar-refractivity contribution in [3.63, 3.8) is 0 Å². The van der Waals surface area contributed by atoms with E-state index in [4.69, 9.17) is 0 Å². The number of pyridine rings is 1. The second kappa shape index (κ2) is 6.68. The minimum atomic E-state index is -0.120. The van der Waals surface area contributed by atoms with Crippen molar-refractivity contribution in [1.29, 1.82) is 0 Å². The summed E-state index contributed by atoms with van der Waals surface area (Å²) in [5, 5.41) is 4.87. The van der Waals surface area contributed by atoms with E-state index in [1.165, 1.54) is 11.3 Å². The van der Waals surface area contributed by atoms with Gasteiger partial charge >= 0.3 is 0 Å². The summed E-state index contributed by atoms with van der Waals surface area (Å²) in [4.78, 5) is 23.9. The van der Waals surface area contributed by atoms with Gasteiger partial charge in [-0.2, -0.15) is 5.10 Å². The molecular formula is C19H17N5OS. The zero-order valence-corrected chi connectivity index (χ0v) is 15.3. The second-order valence-electron chi connectivity index (χ2n) is 6.02. The van der Waals surface area contributed by atoms with Crippen LogP contribution >= 0.6 is 11.3 Å². The fourth-order valence-corrected chi connectivity index (χ4v) is 3.82. The highest BCUT2D eigenvalue weighted by atomic mass is 32.1. The number of anilines is 1. The van der Waals surface area contributed by atoms with Gasteiger partial charge in [0.15, 0.2) is 5.13 Å². The second-order valence-corrected chi connectivity index (χ2v) is 7.03. The Kier molecular flexibility index (Phi) is 4.22. The molecule has 0 saturated carbocycles. The molecule has 0 aliphatic carbocycles. The SMILES string of the molecule is Cc1cnn(C)c1C(=O)N(Cc1cccnc1)c1nc2ccccc2s1. The quantitative estimate of drug-likeness (QED) is 0.556. The van der Waals surface area contributed by atoms with E-state index in [9.17, 15) is 4.79 Å². The maximum Gasteiger partial charge on any atom is 0.278 e. The van der Waals surface area contributed by atoms with Crippen LogP contribution < -0.4 is 4.90 Å². The van der Waals surface area contributed by atoms with Gasteiger partial charge in [0.2, 0.25) is 0 Å². The van der Waals surface area contributed by atoms with Gasteiger partial charge in [0.1, 0.15) is 5.69 Å². The van der Waals surface area contributed by atoms with Gasteiger partial charge in [-0.3, -0.25) is 19.4 Å². The molecule has 0 bridgehead atoms. The smallest absolute Gasteiger partial charge is 0.278 e. The Morgan fingerprint density at radius 3 is 2.73 bits per heavy atom. The third-order valence-corrected chi connectivity index (χ3v) is 5.21. The summed E-state index contributed by atoms with van der Waals surface area (Å²) in [6, 6.07) is 11.7. The molecule has 130 valence electrons. The molecule has 26 heavy (non-hydrogen) atoms. The van der Waals surface area contributed by atoms with Crippen LogP contribution in [0.5, 0.6) is 0 Å². The largest absolute Gasteiger partial charge is 0.278 e. The van der Waals surface area contributed by atoms with Crippen molar-refractivity contribution in [2.24, 2.45) is 7.05 Å². The van der Waals surface area contributed by atoms with Gasteiger partial charge in [-0.05, 0) is 36.2 Å². The van der Waals surface area contributed by atoms with E-state index >= 15 is 0 Å². The third-order valence-electron chi connectivity index (χ3n) is 4.15. The van der Waals surface area contributed by atoms with Crippen LogP contribution in [0.1, 0.15) is 21.6 Å². The maximum absolute atomic E-state index is 13.3. The van der Waals surface area contributed by atoms with E-state index in [2.05, 4.69) is 15.1 Å². The molecule has 0 aliphatic heterocycles. The van der Waals surface area contributed by atoms with Gasteiger partial charge in [-0.1, -0.05) is 29.5 Å². The van der Waals surface area contributed by atoms with Crippen LogP contribution in [0.25, 0.3) is 10.2 Å². The first-order chi connectivity index (χ1) is 12.6. The lowest BCUT2D eigenvalue weighted by Gasteiger charge is -2.20. The number of nitrogens with zero attached hydrogens (tertiary/aromatic N) is 5. The van der Waals surface area contributed by atoms with E-state index in [1.807, 2.05) is 43.3 Å². The average Bonchev–Trinajstić information content (AvgIpc) is 3.23. The lowest BCUT2D eigenvalue weighted by Crippen LogP contribution is -2.32. The number of carbonyl (C=O) groups is 1. The fourth-order valence-electron chi connectivity index (χ4n) is 2.86. The van der Waals surface area contributed by atoms with Gasteiger partial charge in [-0.25, -0.2) is 4.98 Å². The third kappa shape index (κ3) is 2.97. The van der Waals surface area contributed by atoms with Crippen LogP contribution in [-0.4, -0.2) is 25.7 Å². The van der Waals surface area contributed by atoms with E-state index in [0.29, 0.717) is 17.4 Å². The van der Waals surface area contributed by atoms with Crippen LogP contribution in [0.4, 0.5) is 5.13 Å². The number of para-hydroxylation sites is 1. The first-order valence-corrected chi connectivity index (χ1v) is 9.00.